The number of hydrogen-bond acceptors (Lipinski definition) is 2. The van der Waals surface area contributed by atoms with Crippen molar-refractivity contribution in [2.45, 2.75) is 46.8 Å². The fourth-order valence-corrected chi connectivity index (χ4v) is 1.42. The first-order valence-corrected chi connectivity index (χ1v) is 6.54. The Morgan fingerprint density at radius 1 is 1.00 bits per heavy atom. The van der Waals surface area contributed by atoms with Crippen molar-refractivity contribution in [3.05, 3.63) is 35.9 Å². The van der Waals surface area contributed by atoms with E-state index in [9.17, 15) is 0 Å². The Morgan fingerprint density at radius 2 is 1.47 bits per heavy atom. The summed E-state index contributed by atoms with van der Waals surface area (Å²) >= 11 is 0. The first-order valence-electron chi connectivity index (χ1n) is 6.54. The van der Waals surface area contributed by atoms with Gasteiger partial charge in [0.2, 0.25) is 0 Å². The smallest absolute Gasteiger partial charge is 0.0971 e. The summed E-state index contributed by atoms with van der Waals surface area (Å²) in [6.45, 7) is 10.1. The topological polar surface area (TPSA) is 21.3 Å². The van der Waals surface area contributed by atoms with Crippen LogP contribution in [-0.4, -0.2) is 20.2 Å². The van der Waals surface area contributed by atoms with Crippen molar-refractivity contribution in [3.8, 4) is 0 Å². The van der Waals surface area contributed by atoms with E-state index in [-0.39, 0.29) is 6.10 Å². The maximum atomic E-state index is 5.43. The van der Waals surface area contributed by atoms with Crippen LogP contribution in [0.15, 0.2) is 30.3 Å². The molecule has 1 aromatic rings. The van der Waals surface area contributed by atoms with Crippen LogP contribution in [-0.2, 0) is 4.74 Å². The Morgan fingerprint density at radius 3 is 1.82 bits per heavy atom. The molecule has 0 saturated carbocycles. The number of nitrogens with one attached hydrogen (secondary N) is 1. The third kappa shape index (κ3) is 7.14. The molecule has 2 heteroatoms. The average Bonchev–Trinajstić information content (AvgIpc) is 2.45. The van der Waals surface area contributed by atoms with E-state index in [4.69, 9.17) is 4.74 Å². The summed E-state index contributed by atoms with van der Waals surface area (Å²) < 4.78 is 5.43. The van der Waals surface area contributed by atoms with Crippen LogP contribution >= 0.6 is 0 Å². The highest BCUT2D eigenvalue weighted by Crippen LogP contribution is 2.19. The lowest BCUT2D eigenvalue weighted by atomic mass is 10.0. The van der Waals surface area contributed by atoms with Gasteiger partial charge in [0, 0.05) is 13.2 Å². The Kier molecular flexibility index (Phi) is 14.4. The molecule has 0 aliphatic carbocycles. The second-order valence-electron chi connectivity index (χ2n) is 3.14. The fraction of sp³-hybridized carbons (Fsp3) is 0.600. The first kappa shape index (κ1) is 18.5. The molecule has 1 N–H and O–H groups in total. The Hall–Kier alpha value is -0.860. The predicted molar refractivity (Wildman–Crippen MR) is 77.4 cm³/mol. The summed E-state index contributed by atoms with van der Waals surface area (Å²) in [4.78, 5) is 0. The second kappa shape index (κ2) is 13.2. The fourth-order valence-electron chi connectivity index (χ4n) is 1.42. The lowest BCUT2D eigenvalue weighted by molar-refractivity contribution is 0.0761. The van der Waals surface area contributed by atoms with Gasteiger partial charge in [0.25, 0.3) is 0 Å². The predicted octanol–water partition coefficient (Wildman–Crippen LogP) is 4.03. The van der Waals surface area contributed by atoms with E-state index < -0.39 is 0 Å². The number of benzene rings is 1. The molecule has 0 bridgehead atoms. The van der Waals surface area contributed by atoms with Crippen LogP contribution in [0.3, 0.4) is 0 Å². The third-order valence-electron chi connectivity index (χ3n) is 2.29. The maximum Gasteiger partial charge on any atom is 0.0971 e. The van der Waals surface area contributed by atoms with Gasteiger partial charge < -0.3 is 10.1 Å². The number of hydrogen-bond donors (Lipinski definition) is 1. The summed E-state index contributed by atoms with van der Waals surface area (Å²) in [5.74, 6) is 0. The summed E-state index contributed by atoms with van der Waals surface area (Å²) in [7, 11) is 3.69. The zero-order chi connectivity index (χ0) is 13.7. The summed E-state index contributed by atoms with van der Waals surface area (Å²) in [6.07, 6.45) is 0.131. The van der Waals surface area contributed by atoms with Gasteiger partial charge in [-0.25, -0.2) is 0 Å². The van der Waals surface area contributed by atoms with Gasteiger partial charge in [0.1, 0.15) is 0 Å². The molecule has 0 amide bonds. The number of likely N-dealkylation sites (N-methyl/N-ethyl adjacent to an activating group) is 1. The molecule has 2 atom stereocenters. The largest absolute Gasteiger partial charge is 0.375 e. The standard InChI is InChI=1S/C11H17NO.2C2H6/c1-9(12-2)11(13-3)10-7-5-4-6-8-10;2*1-2/h4-9,11-12H,1-3H3;2*1-2H3/t9?,11-;;/m0../s1. The van der Waals surface area contributed by atoms with Crippen LogP contribution in [0.25, 0.3) is 0 Å². The van der Waals surface area contributed by atoms with Crippen molar-refractivity contribution >= 4 is 0 Å². The van der Waals surface area contributed by atoms with E-state index in [2.05, 4.69) is 24.4 Å². The molecule has 0 aliphatic rings. The summed E-state index contributed by atoms with van der Waals surface area (Å²) in [5, 5.41) is 3.19. The first-order chi connectivity index (χ1) is 8.29. The van der Waals surface area contributed by atoms with Crippen LogP contribution in [0.4, 0.5) is 0 Å². The molecule has 1 unspecified atom stereocenters. The monoisotopic (exact) mass is 239 g/mol. The number of ether oxygens (including phenoxy) is 1. The molecule has 100 valence electrons. The van der Waals surface area contributed by atoms with E-state index in [0.717, 1.165) is 0 Å². The van der Waals surface area contributed by atoms with Gasteiger partial charge in [-0.15, -0.1) is 0 Å². The molecule has 0 saturated heterocycles. The van der Waals surface area contributed by atoms with Crippen molar-refractivity contribution in [1.29, 1.82) is 0 Å². The Labute approximate surface area is 107 Å². The normalized spacial score (nSPS) is 12.4. The van der Waals surface area contributed by atoms with Gasteiger partial charge in [-0.1, -0.05) is 58.0 Å². The molecule has 1 rings (SSSR count). The van der Waals surface area contributed by atoms with Crippen molar-refractivity contribution < 1.29 is 4.74 Å². The van der Waals surface area contributed by atoms with Gasteiger partial charge >= 0.3 is 0 Å². The highest BCUT2D eigenvalue weighted by molar-refractivity contribution is 5.18. The van der Waals surface area contributed by atoms with E-state index in [1.807, 2.05) is 52.9 Å². The van der Waals surface area contributed by atoms with Gasteiger partial charge in [-0.3, -0.25) is 0 Å². The molecule has 0 aromatic heterocycles. The lowest BCUT2D eigenvalue weighted by Gasteiger charge is -2.22. The molecule has 0 aliphatic heterocycles. The maximum absolute atomic E-state index is 5.43. The van der Waals surface area contributed by atoms with Gasteiger partial charge in [0.05, 0.1) is 6.10 Å². The van der Waals surface area contributed by atoms with Crippen molar-refractivity contribution in [1.82, 2.24) is 5.32 Å². The lowest BCUT2D eigenvalue weighted by Crippen LogP contribution is -2.29. The quantitative estimate of drug-likeness (QED) is 0.856. The van der Waals surface area contributed by atoms with Gasteiger partial charge in [-0.2, -0.15) is 0 Å². The van der Waals surface area contributed by atoms with Gasteiger partial charge in [-0.05, 0) is 19.5 Å². The third-order valence-corrected chi connectivity index (χ3v) is 2.29. The van der Waals surface area contributed by atoms with Crippen molar-refractivity contribution in [2.75, 3.05) is 14.2 Å². The van der Waals surface area contributed by atoms with Crippen LogP contribution in [0.5, 0.6) is 0 Å². The molecule has 0 fully saturated rings. The molecular weight excluding hydrogens is 210 g/mol. The highest BCUT2D eigenvalue weighted by atomic mass is 16.5. The van der Waals surface area contributed by atoms with Crippen LogP contribution < -0.4 is 5.32 Å². The summed E-state index contributed by atoms with van der Waals surface area (Å²) in [6, 6.07) is 10.6. The minimum absolute atomic E-state index is 0.131. The summed E-state index contributed by atoms with van der Waals surface area (Å²) in [5.41, 5.74) is 1.21. The Balaban J connectivity index is 0. The van der Waals surface area contributed by atoms with E-state index in [1.54, 1.807) is 7.11 Å². The van der Waals surface area contributed by atoms with Crippen LogP contribution in [0, 0.1) is 0 Å². The molecular formula is C15H29NO. The Bertz CT molecular complexity index is 236. The highest BCUT2D eigenvalue weighted by Gasteiger charge is 2.16. The molecule has 2 nitrogen and oxygen atoms in total. The SMILES string of the molecule is CC.CC.CNC(C)[C@H](OC)c1ccccc1. The van der Waals surface area contributed by atoms with E-state index >= 15 is 0 Å². The van der Waals surface area contributed by atoms with E-state index in [1.165, 1.54) is 5.56 Å². The average molecular weight is 239 g/mol. The van der Waals surface area contributed by atoms with Crippen molar-refractivity contribution in [2.24, 2.45) is 0 Å². The van der Waals surface area contributed by atoms with Gasteiger partial charge in [0.15, 0.2) is 0 Å². The van der Waals surface area contributed by atoms with Crippen LogP contribution in [0.1, 0.15) is 46.3 Å². The molecule has 1 aromatic carbocycles. The number of methoxy groups -OCH3 is 1. The minimum atomic E-state index is 0.131. The zero-order valence-electron chi connectivity index (χ0n) is 12.4. The molecule has 17 heavy (non-hydrogen) atoms. The van der Waals surface area contributed by atoms with Crippen molar-refractivity contribution in [3.63, 3.8) is 0 Å². The molecule has 0 spiro atoms. The minimum Gasteiger partial charge on any atom is -0.375 e. The zero-order valence-corrected chi connectivity index (χ0v) is 12.4. The van der Waals surface area contributed by atoms with E-state index in [0.29, 0.717) is 6.04 Å². The second-order valence-corrected chi connectivity index (χ2v) is 3.14. The van der Waals surface area contributed by atoms with Crippen LogP contribution in [0.2, 0.25) is 0 Å². The molecule has 0 radical (unpaired) electrons. The number of rotatable bonds is 4. The molecule has 0 heterocycles.